The van der Waals surface area contributed by atoms with Crippen LogP contribution in [0, 0.1) is 13.8 Å². The van der Waals surface area contributed by atoms with Gasteiger partial charge in [0.2, 0.25) is 5.91 Å². The van der Waals surface area contributed by atoms with Crippen molar-refractivity contribution in [2.24, 2.45) is 0 Å². The van der Waals surface area contributed by atoms with Gasteiger partial charge in [0.05, 0.1) is 17.3 Å². The maximum atomic E-state index is 12.4. The van der Waals surface area contributed by atoms with E-state index in [0.717, 1.165) is 34.6 Å². The molecule has 26 heavy (non-hydrogen) atoms. The van der Waals surface area contributed by atoms with E-state index in [4.69, 9.17) is 0 Å². The zero-order chi connectivity index (χ0) is 18.7. The minimum Gasteiger partial charge on any atom is -0.356 e. The van der Waals surface area contributed by atoms with E-state index in [1.165, 1.54) is 0 Å². The third kappa shape index (κ3) is 3.66. The lowest BCUT2D eigenvalue weighted by Crippen LogP contribution is -2.34. The van der Waals surface area contributed by atoms with E-state index in [0.29, 0.717) is 17.7 Å². The number of H-pyrrole nitrogens is 1. The molecule has 1 aromatic carbocycles. The predicted octanol–water partition coefficient (Wildman–Crippen LogP) is 1.76. The van der Waals surface area contributed by atoms with Crippen molar-refractivity contribution in [3.05, 3.63) is 52.3 Å². The van der Waals surface area contributed by atoms with Crippen molar-refractivity contribution in [1.29, 1.82) is 0 Å². The number of carbonyl (C=O) groups excluding carboxylic acids is 3. The number of aryl methyl sites for hydroxylation is 3. The Labute approximate surface area is 151 Å². The summed E-state index contributed by atoms with van der Waals surface area (Å²) in [6.45, 7) is 4.48. The number of nitrogens with one attached hydrogen (secondary N) is 2. The second-order valence-corrected chi connectivity index (χ2v) is 6.53. The number of rotatable bonds is 7. The quantitative estimate of drug-likeness (QED) is 0.585. The molecule has 0 saturated carbocycles. The Bertz CT molecular complexity index is 856. The first-order chi connectivity index (χ1) is 12.5. The van der Waals surface area contributed by atoms with Gasteiger partial charge in [0, 0.05) is 25.2 Å². The van der Waals surface area contributed by atoms with E-state index in [1.54, 1.807) is 18.3 Å². The molecule has 0 atom stereocenters. The van der Waals surface area contributed by atoms with Gasteiger partial charge in [0.15, 0.2) is 0 Å². The van der Waals surface area contributed by atoms with Gasteiger partial charge in [-0.05, 0) is 44.4 Å². The summed E-state index contributed by atoms with van der Waals surface area (Å²) in [5, 5.41) is 9.68. The molecular weight excluding hydrogens is 332 g/mol. The maximum absolute atomic E-state index is 12.4. The van der Waals surface area contributed by atoms with Gasteiger partial charge in [0.25, 0.3) is 11.8 Å². The van der Waals surface area contributed by atoms with E-state index in [2.05, 4.69) is 15.5 Å². The Morgan fingerprint density at radius 3 is 2.69 bits per heavy atom. The molecule has 1 aliphatic heterocycles. The SMILES string of the molecule is Cc1ccc2c(c1)C(=O)N(CCC(=O)NCCCc1cn[nH]c1C)C2=O. The van der Waals surface area contributed by atoms with Gasteiger partial charge in [-0.15, -0.1) is 0 Å². The van der Waals surface area contributed by atoms with Crippen molar-refractivity contribution in [2.45, 2.75) is 33.1 Å². The molecule has 3 amide bonds. The van der Waals surface area contributed by atoms with E-state index in [9.17, 15) is 14.4 Å². The Hall–Kier alpha value is -2.96. The summed E-state index contributed by atoms with van der Waals surface area (Å²) in [4.78, 5) is 37.8. The summed E-state index contributed by atoms with van der Waals surface area (Å²) in [6, 6.07) is 5.19. The summed E-state index contributed by atoms with van der Waals surface area (Å²) in [5.74, 6) is -0.813. The number of aromatic nitrogens is 2. The van der Waals surface area contributed by atoms with Crippen LogP contribution in [0.4, 0.5) is 0 Å². The minimum absolute atomic E-state index is 0.0953. The van der Waals surface area contributed by atoms with Crippen LogP contribution in [0.15, 0.2) is 24.4 Å². The van der Waals surface area contributed by atoms with Gasteiger partial charge in [-0.3, -0.25) is 24.4 Å². The highest BCUT2D eigenvalue weighted by Crippen LogP contribution is 2.23. The number of hydrogen-bond donors (Lipinski definition) is 2. The maximum Gasteiger partial charge on any atom is 0.261 e. The fourth-order valence-corrected chi connectivity index (χ4v) is 3.04. The van der Waals surface area contributed by atoms with Crippen molar-refractivity contribution in [2.75, 3.05) is 13.1 Å². The van der Waals surface area contributed by atoms with Gasteiger partial charge in [-0.25, -0.2) is 0 Å². The van der Waals surface area contributed by atoms with Crippen molar-refractivity contribution in [3.8, 4) is 0 Å². The highest BCUT2D eigenvalue weighted by Gasteiger charge is 2.35. The molecule has 3 rings (SSSR count). The fourth-order valence-electron chi connectivity index (χ4n) is 3.04. The third-order valence-electron chi connectivity index (χ3n) is 4.57. The molecule has 136 valence electrons. The third-order valence-corrected chi connectivity index (χ3v) is 4.57. The zero-order valence-electron chi connectivity index (χ0n) is 15.0. The summed E-state index contributed by atoms with van der Waals surface area (Å²) in [6.07, 6.45) is 3.54. The van der Waals surface area contributed by atoms with Crippen LogP contribution in [0.2, 0.25) is 0 Å². The Morgan fingerprint density at radius 2 is 1.96 bits per heavy atom. The number of hydrogen-bond acceptors (Lipinski definition) is 4. The van der Waals surface area contributed by atoms with E-state index < -0.39 is 0 Å². The molecule has 0 bridgehead atoms. The zero-order valence-corrected chi connectivity index (χ0v) is 15.0. The number of fused-ring (bicyclic) bond motifs is 1. The van der Waals surface area contributed by atoms with E-state index in [-0.39, 0.29) is 30.7 Å². The average Bonchev–Trinajstić information content (AvgIpc) is 3.12. The lowest BCUT2D eigenvalue weighted by atomic mass is 10.1. The van der Waals surface area contributed by atoms with E-state index in [1.807, 2.05) is 19.9 Å². The molecule has 0 fully saturated rings. The molecule has 7 nitrogen and oxygen atoms in total. The normalized spacial score (nSPS) is 13.2. The van der Waals surface area contributed by atoms with Crippen LogP contribution in [0.3, 0.4) is 0 Å². The topological polar surface area (TPSA) is 95.2 Å². The lowest BCUT2D eigenvalue weighted by Gasteiger charge is -2.13. The van der Waals surface area contributed by atoms with Gasteiger partial charge < -0.3 is 5.32 Å². The van der Waals surface area contributed by atoms with Crippen LogP contribution in [0.25, 0.3) is 0 Å². The molecule has 1 aliphatic rings. The number of imide groups is 1. The smallest absolute Gasteiger partial charge is 0.261 e. The molecule has 1 aromatic heterocycles. The summed E-state index contributed by atoms with van der Waals surface area (Å²) >= 11 is 0. The minimum atomic E-state index is -0.326. The van der Waals surface area contributed by atoms with Crippen LogP contribution < -0.4 is 5.32 Å². The molecule has 2 N–H and O–H groups in total. The van der Waals surface area contributed by atoms with Gasteiger partial charge >= 0.3 is 0 Å². The standard InChI is InChI=1S/C19H22N4O3/c1-12-5-6-15-16(10-12)19(26)23(18(15)25)9-7-17(24)20-8-3-4-14-11-21-22-13(14)2/h5-6,10-11H,3-4,7-9H2,1-2H3,(H,20,24)(H,21,22). The van der Waals surface area contributed by atoms with Crippen LogP contribution in [-0.4, -0.2) is 45.9 Å². The Balaban J connectivity index is 1.44. The van der Waals surface area contributed by atoms with Crippen molar-refractivity contribution in [3.63, 3.8) is 0 Å². The molecule has 2 heterocycles. The Morgan fingerprint density at radius 1 is 1.19 bits per heavy atom. The molecule has 7 heteroatoms. The monoisotopic (exact) mass is 354 g/mol. The first kappa shape index (κ1) is 17.8. The summed E-state index contributed by atoms with van der Waals surface area (Å²) in [5.41, 5.74) is 3.94. The highest BCUT2D eigenvalue weighted by molar-refractivity contribution is 6.21. The number of aromatic amines is 1. The number of carbonyl (C=O) groups is 3. The van der Waals surface area contributed by atoms with Crippen molar-refractivity contribution < 1.29 is 14.4 Å². The Kier molecular flexibility index (Phi) is 5.16. The predicted molar refractivity (Wildman–Crippen MR) is 95.8 cm³/mol. The first-order valence-electron chi connectivity index (χ1n) is 8.69. The van der Waals surface area contributed by atoms with Crippen LogP contribution in [-0.2, 0) is 11.2 Å². The summed E-state index contributed by atoms with van der Waals surface area (Å²) < 4.78 is 0. The number of amides is 3. The largest absolute Gasteiger partial charge is 0.356 e. The van der Waals surface area contributed by atoms with Crippen LogP contribution in [0.5, 0.6) is 0 Å². The molecule has 0 saturated heterocycles. The second-order valence-electron chi connectivity index (χ2n) is 6.53. The van der Waals surface area contributed by atoms with Crippen LogP contribution in [0.1, 0.15) is 50.4 Å². The molecule has 0 radical (unpaired) electrons. The van der Waals surface area contributed by atoms with Gasteiger partial charge in [-0.2, -0.15) is 5.10 Å². The molecule has 0 aliphatic carbocycles. The first-order valence-corrected chi connectivity index (χ1v) is 8.69. The second kappa shape index (κ2) is 7.51. The number of nitrogens with zero attached hydrogens (tertiary/aromatic N) is 2. The van der Waals surface area contributed by atoms with E-state index >= 15 is 0 Å². The van der Waals surface area contributed by atoms with Crippen molar-refractivity contribution >= 4 is 17.7 Å². The van der Waals surface area contributed by atoms with Crippen LogP contribution >= 0.6 is 0 Å². The van der Waals surface area contributed by atoms with Gasteiger partial charge in [0.1, 0.15) is 0 Å². The van der Waals surface area contributed by atoms with Gasteiger partial charge in [-0.1, -0.05) is 11.6 Å². The molecule has 0 unspecified atom stereocenters. The fraction of sp³-hybridized carbons (Fsp3) is 0.368. The average molecular weight is 354 g/mol. The molecule has 0 spiro atoms. The highest BCUT2D eigenvalue weighted by atomic mass is 16.2. The summed E-state index contributed by atoms with van der Waals surface area (Å²) in [7, 11) is 0. The molecule has 2 aromatic rings. The number of benzene rings is 1. The van der Waals surface area contributed by atoms with Crippen molar-refractivity contribution in [1.82, 2.24) is 20.4 Å². The lowest BCUT2D eigenvalue weighted by molar-refractivity contribution is -0.121. The molecular formula is C19H22N4O3.